The Hall–Kier alpha value is -3.28. The van der Waals surface area contributed by atoms with Gasteiger partial charge in [0.2, 0.25) is 5.91 Å². The van der Waals surface area contributed by atoms with Crippen LogP contribution in [0.15, 0.2) is 54.9 Å². The molecule has 3 aromatic rings. The van der Waals surface area contributed by atoms with Crippen LogP contribution in [0, 0.1) is 6.92 Å². The molecule has 6 heteroatoms. The standard InChI is InChI=1S/C24H27N5O/c1-16-5-3-7-19(11-16)21(28-23(30)12-17-6-4-10-26-15-17)13-20-14-22(25-2)29-24(27-20)18-8-9-18/h3-7,10-11,14-15,18,21H,8-9,12-13H2,1-2H3,(H,28,30)(H,25,27,29). The third kappa shape index (κ3) is 5.20. The second-order valence-electron chi connectivity index (χ2n) is 7.90. The number of aryl methyl sites for hydroxylation is 1. The maximum atomic E-state index is 12.8. The topological polar surface area (TPSA) is 79.8 Å². The summed E-state index contributed by atoms with van der Waals surface area (Å²) in [5.41, 5.74) is 4.07. The minimum Gasteiger partial charge on any atom is -0.373 e. The summed E-state index contributed by atoms with van der Waals surface area (Å²) < 4.78 is 0. The summed E-state index contributed by atoms with van der Waals surface area (Å²) in [6.45, 7) is 2.06. The number of aromatic nitrogens is 3. The number of rotatable bonds is 8. The van der Waals surface area contributed by atoms with E-state index in [0.29, 0.717) is 18.8 Å². The number of pyridine rings is 1. The molecule has 0 aliphatic heterocycles. The SMILES string of the molecule is CNc1cc(CC(NC(=O)Cc2cccnc2)c2cccc(C)c2)nc(C2CC2)n1. The van der Waals surface area contributed by atoms with Crippen molar-refractivity contribution in [1.82, 2.24) is 20.3 Å². The molecule has 30 heavy (non-hydrogen) atoms. The highest BCUT2D eigenvalue weighted by atomic mass is 16.1. The molecule has 1 aromatic carbocycles. The Balaban J connectivity index is 1.57. The molecular formula is C24H27N5O. The summed E-state index contributed by atoms with van der Waals surface area (Å²) in [5, 5.41) is 6.35. The molecule has 1 saturated carbocycles. The first-order valence-electron chi connectivity index (χ1n) is 10.4. The van der Waals surface area contributed by atoms with E-state index >= 15 is 0 Å². The molecule has 0 radical (unpaired) electrons. The molecule has 154 valence electrons. The molecule has 0 spiro atoms. The molecule has 1 atom stereocenters. The van der Waals surface area contributed by atoms with Crippen LogP contribution in [-0.2, 0) is 17.6 Å². The van der Waals surface area contributed by atoms with Gasteiger partial charge in [0.15, 0.2) is 0 Å². The van der Waals surface area contributed by atoms with Crippen LogP contribution in [0.1, 0.15) is 53.0 Å². The number of nitrogens with zero attached hydrogens (tertiary/aromatic N) is 3. The van der Waals surface area contributed by atoms with Crippen LogP contribution in [0.4, 0.5) is 5.82 Å². The number of hydrogen-bond donors (Lipinski definition) is 2. The molecule has 2 N–H and O–H groups in total. The molecule has 2 heterocycles. The smallest absolute Gasteiger partial charge is 0.224 e. The average molecular weight is 402 g/mol. The van der Waals surface area contributed by atoms with Crippen molar-refractivity contribution >= 4 is 11.7 Å². The van der Waals surface area contributed by atoms with Gasteiger partial charge in [0.25, 0.3) is 0 Å². The van der Waals surface area contributed by atoms with Gasteiger partial charge in [-0.15, -0.1) is 0 Å². The van der Waals surface area contributed by atoms with E-state index in [1.54, 1.807) is 12.4 Å². The van der Waals surface area contributed by atoms with Crippen LogP contribution in [0.2, 0.25) is 0 Å². The number of amides is 1. The highest BCUT2D eigenvalue weighted by molar-refractivity contribution is 5.79. The van der Waals surface area contributed by atoms with Crippen molar-refractivity contribution in [3.05, 3.63) is 83.1 Å². The van der Waals surface area contributed by atoms with Crippen molar-refractivity contribution in [3.8, 4) is 0 Å². The predicted octanol–water partition coefficient (Wildman–Crippen LogP) is 3.74. The molecule has 1 amide bonds. The highest BCUT2D eigenvalue weighted by Crippen LogP contribution is 2.38. The van der Waals surface area contributed by atoms with E-state index in [1.807, 2.05) is 31.3 Å². The highest BCUT2D eigenvalue weighted by Gasteiger charge is 2.28. The Kier molecular flexibility index (Phi) is 6.02. The zero-order valence-electron chi connectivity index (χ0n) is 17.4. The van der Waals surface area contributed by atoms with Gasteiger partial charge >= 0.3 is 0 Å². The van der Waals surface area contributed by atoms with Gasteiger partial charge in [-0.25, -0.2) is 9.97 Å². The Morgan fingerprint density at radius 2 is 2.03 bits per heavy atom. The quantitative estimate of drug-likeness (QED) is 0.601. The van der Waals surface area contributed by atoms with E-state index < -0.39 is 0 Å². The molecule has 0 saturated heterocycles. The van der Waals surface area contributed by atoms with Gasteiger partial charge in [-0.1, -0.05) is 35.9 Å². The molecule has 4 rings (SSSR count). The van der Waals surface area contributed by atoms with Crippen LogP contribution in [0.25, 0.3) is 0 Å². The van der Waals surface area contributed by atoms with E-state index in [4.69, 9.17) is 4.98 Å². The molecule has 2 aromatic heterocycles. The van der Waals surface area contributed by atoms with Crippen molar-refractivity contribution < 1.29 is 4.79 Å². The van der Waals surface area contributed by atoms with Crippen molar-refractivity contribution in [2.45, 2.75) is 44.6 Å². The van der Waals surface area contributed by atoms with Gasteiger partial charge in [0, 0.05) is 43.5 Å². The third-order valence-electron chi connectivity index (χ3n) is 5.28. The minimum absolute atomic E-state index is 0.0279. The van der Waals surface area contributed by atoms with Gasteiger partial charge in [-0.2, -0.15) is 0 Å². The van der Waals surface area contributed by atoms with Gasteiger partial charge in [0.1, 0.15) is 11.6 Å². The fourth-order valence-corrected chi connectivity index (χ4v) is 3.56. The van der Waals surface area contributed by atoms with E-state index in [0.717, 1.165) is 46.9 Å². The van der Waals surface area contributed by atoms with Crippen LogP contribution < -0.4 is 10.6 Å². The zero-order chi connectivity index (χ0) is 20.9. The normalized spacial score (nSPS) is 14.2. The summed E-state index contributed by atoms with van der Waals surface area (Å²) in [6, 6.07) is 13.8. The van der Waals surface area contributed by atoms with Crippen LogP contribution in [-0.4, -0.2) is 27.9 Å². The first-order chi connectivity index (χ1) is 14.6. The van der Waals surface area contributed by atoms with Gasteiger partial charge in [0.05, 0.1) is 12.5 Å². The number of carbonyl (C=O) groups is 1. The summed E-state index contributed by atoms with van der Waals surface area (Å²) >= 11 is 0. The van der Waals surface area contributed by atoms with Gasteiger partial charge in [-0.3, -0.25) is 9.78 Å². The van der Waals surface area contributed by atoms with E-state index in [9.17, 15) is 4.79 Å². The van der Waals surface area contributed by atoms with E-state index in [2.05, 4.69) is 45.7 Å². The summed E-state index contributed by atoms with van der Waals surface area (Å²) in [6.07, 6.45) is 6.65. The Morgan fingerprint density at radius 1 is 1.17 bits per heavy atom. The van der Waals surface area contributed by atoms with Crippen LogP contribution >= 0.6 is 0 Å². The number of anilines is 1. The monoisotopic (exact) mass is 401 g/mol. The minimum atomic E-state index is -0.166. The molecule has 6 nitrogen and oxygen atoms in total. The number of hydrogen-bond acceptors (Lipinski definition) is 5. The molecule has 0 bridgehead atoms. The molecule has 1 unspecified atom stereocenters. The first-order valence-corrected chi connectivity index (χ1v) is 10.4. The Bertz CT molecular complexity index is 1020. The Morgan fingerprint density at radius 3 is 2.73 bits per heavy atom. The number of benzene rings is 1. The van der Waals surface area contributed by atoms with Crippen molar-refractivity contribution in [2.75, 3.05) is 12.4 Å². The summed E-state index contributed by atoms with van der Waals surface area (Å²) in [7, 11) is 1.87. The molecule has 1 aliphatic carbocycles. The van der Waals surface area contributed by atoms with E-state index in [1.165, 1.54) is 0 Å². The number of nitrogens with one attached hydrogen (secondary N) is 2. The Labute approximate surface area is 177 Å². The summed E-state index contributed by atoms with van der Waals surface area (Å²) in [4.78, 5) is 26.3. The van der Waals surface area contributed by atoms with Crippen molar-refractivity contribution in [1.29, 1.82) is 0 Å². The van der Waals surface area contributed by atoms with Crippen molar-refractivity contribution in [2.24, 2.45) is 0 Å². The fourth-order valence-electron chi connectivity index (χ4n) is 3.56. The van der Waals surface area contributed by atoms with Gasteiger partial charge in [-0.05, 0) is 37.0 Å². The fraction of sp³-hybridized carbons (Fsp3) is 0.333. The predicted molar refractivity (Wildman–Crippen MR) is 117 cm³/mol. The molecular weight excluding hydrogens is 374 g/mol. The lowest BCUT2D eigenvalue weighted by Crippen LogP contribution is -2.31. The largest absolute Gasteiger partial charge is 0.373 e. The molecule has 1 aliphatic rings. The molecule has 1 fully saturated rings. The lowest BCUT2D eigenvalue weighted by atomic mass is 9.99. The lowest BCUT2D eigenvalue weighted by molar-refractivity contribution is -0.121. The second-order valence-corrected chi connectivity index (χ2v) is 7.90. The van der Waals surface area contributed by atoms with Crippen molar-refractivity contribution in [3.63, 3.8) is 0 Å². The second kappa shape index (κ2) is 9.03. The first kappa shape index (κ1) is 20.0. The maximum absolute atomic E-state index is 12.8. The third-order valence-corrected chi connectivity index (χ3v) is 5.28. The average Bonchev–Trinajstić information content (AvgIpc) is 3.59. The van der Waals surface area contributed by atoms with E-state index in [-0.39, 0.29) is 11.9 Å². The number of carbonyl (C=O) groups excluding carboxylic acids is 1. The maximum Gasteiger partial charge on any atom is 0.224 e. The van der Waals surface area contributed by atoms with Crippen LogP contribution in [0.5, 0.6) is 0 Å². The zero-order valence-corrected chi connectivity index (χ0v) is 17.4. The summed E-state index contributed by atoms with van der Waals surface area (Å²) in [5.74, 6) is 2.17. The van der Waals surface area contributed by atoms with Crippen LogP contribution in [0.3, 0.4) is 0 Å². The van der Waals surface area contributed by atoms with Gasteiger partial charge < -0.3 is 10.6 Å². The lowest BCUT2D eigenvalue weighted by Gasteiger charge is -2.20.